The molecule has 1 aromatic carbocycles. The van der Waals surface area contributed by atoms with E-state index < -0.39 is 6.04 Å². The zero-order chi connectivity index (χ0) is 18.3. The number of nitrogens with zero attached hydrogens (tertiary/aromatic N) is 1. The summed E-state index contributed by atoms with van der Waals surface area (Å²) < 4.78 is 0.787. The molecule has 1 fully saturated rings. The molecule has 4 rings (SSSR count). The Bertz CT molecular complexity index is 884. The molecule has 2 N–H and O–H groups in total. The van der Waals surface area contributed by atoms with E-state index in [4.69, 9.17) is 0 Å². The van der Waals surface area contributed by atoms with Crippen LogP contribution in [-0.2, 0) is 4.79 Å². The molecule has 1 aromatic heterocycles. The Kier molecular flexibility index (Phi) is 4.54. The van der Waals surface area contributed by atoms with Crippen LogP contribution in [-0.4, -0.2) is 41.2 Å². The third kappa shape index (κ3) is 3.14. The smallest absolute Gasteiger partial charge is 0.261 e. The molecule has 6 nitrogen and oxygen atoms in total. The molecule has 0 aliphatic carbocycles. The maximum Gasteiger partial charge on any atom is 0.261 e. The van der Waals surface area contributed by atoms with Gasteiger partial charge in [0.2, 0.25) is 5.91 Å². The lowest BCUT2D eigenvalue weighted by Gasteiger charge is -2.37. The first-order valence-corrected chi connectivity index (χ1v) is 9.96. The largest absolute Gasteiger partial charge is 0.348 e. The zero-order valence-corrected chi connectivity index (χ0v) is 16.1. The third-order valence-corrected chi connectivity index (χ3v) is 6.08. The average Bonchev–Trinajstić information content (AvgIpc) is 3.14. The van der Waals surface area contributed by atoms with Gasteiger partial charge in [-0.25, -0.2) is 0 Å². The molecule has 0 radical (unpaired) electrons. The molecule has 26 heavy (non-hydrogen) atoms. The van der Waals surface area contributed by atoms with E-state index in [1.165, 1.54) is 11.3 Å². The first kappa shape index (κ1) is 17.2. The second-order valence-corrected chi connectivity index (χ2v) is 8.23. The monoisotopic (exact) mass is 433 g/mol. The molecule has 2 aromatic rings. The van der Waals surface area contributed by atoms with Crippen molar-refractivity contribution in [2.24, 2.45) is 0 Å². The Labute approximate surface area is 162 Å². The quantitative estimate of drug-likeness (QED) is 0.763. The molecule has 0 bridgehead atoms. The number of rotatable bonds is 2. The van der Waals surface area contributed by atoms with Crippen molar-refractivity contribution in [3.05, 3.63) is 50.6 Å². The number of thiophene rings is 1. The number of fused-ring (bicyclic) bond motifs is 2. The van der Waals surface area contributed by atoms with Gasteiger partial charge in [0.15, 0.2) is 0 Å². The molecule has 2 atom stereocenters. The van der Waals surface area contributed by atoms with E-state index in [-0.39, 0.29) is 23.8 Å². The highest BCUT2D eigenvalue weighted by molar-refractivity contribution is 9.10. The van der Waals surface area contributed by atoms with Gasteiger partial charge < -0.3 is 15.5 Å². The molecular formula is C18H16BrN3O3S. The van der Waals surface area contributed by atoms with Gasteiger partial charge in [-0.05, 0) is 42.5 Å². The summed E-state index contributed by atoms with van der Waals surface area (Å²) in [5.41, 5.74) is 1.01. The van der Waals surface area contributed by atoms with Crippen molar-refractivity contribution in [2.75, 3.05) is 11.9 Å². The van der Waals surface area contributed by atoms with Gasteiger partial charge in [-0.15, -0.1) is 11.3 Å². The standard InChI is InChI=1S/C18H16BrN3O3S/c19-10-3-4-13-12(8-10)18(25)22-6-5-11(9-14(22)16(23)21-13)20-17(24)15-2-1-7-26-15/h1-4,7-8,11,14H,5-6,9H2,(H,20,24)(H,21,23)/t11-,14-/m0/s1. The molecule has 0 saturated carbocycles. The maximum absolute atomic E-state index is 12.9. The van der Waals surface area contributed by atoms with Gasteiger partial charge in [-0.1, -0.05) is 22.0 Å². The van der Waals surface area contributed by atoms with E-state index in [1.54, 1.807) is 29.2 Å². The number of carbonyl (C=O) groups is 3. The van der Waals surface area contributed by atoms with Crippen molar-refractivity contribution in [1.82, 2.24) is 10.2 Å². The van der Waals surface area contributed by atoms with Gasteiger partial charge in [0, 0.05) is 17.1 Å². The molecular weight excluding hydrogens is 418 g/mol. The lowest BCUT2D eigenvalue weighted by molar-refractivity contribution is -0.121. The lowest BCUT2D eigenvalue weighted by Crippen LogP contribution is -2.54. The molecule has 2 aliphatic heterocycles. The summed E-state index contributed by atoms with van der Waals surface area (Å²) in [7, 11) is 0. The lowest BCUT2D eigenvalue weighted by atomic mass is 9.96. The number of amides is 3. The second-order valence-electron chi connectivity index (χ2n) is 6.37. The van der Waals surface area contributed by atoms with Crippen LogP contribution in [0, 0.1) is 0 Å². The summed E-state index contributed by atoms with van der Waals surface area (Å²) in [6.45, 7) is 0.429. The van der Waals surface area contributed by atoms with Gasteiger partial charge in [-0.2, -0.15) is 0 Å². The van der Waals surface area contributed by atoms with Gasteiger partial charge in [-0.3, -0.25) is 14.4 Å². The number of nitrogens with one attached hydrogen (secondary N) is 2. The highest BCUT2D eigenvalue weighted by Crippen LogP contribution is 2.30. The van der Waals surface area contributed by atoms with Crippen LogP contribution in [0.5, 0.6) is 0 Å². The van der Waals surface area contributed by atoms with Crippen LogP contribution >= 0.6 is 27.3 Å². The predicted octanol–water partition coefficient (Wildman–Crippen LogP) is 2.87. The third-order valence-electron chi connectivity index (χ3n) is 4.72. The Morgan fingerprint density at radius 3 is 2.92 bits per heavy atom. The molecule has 0 unspecified atom stereocenters. The molecule has 134 valence electrons. The summed E-state index contributed by atoms with van der Waals surface area (Å²) in [5.74, 6) is -0.506. The fraction of sp³-hybridized carbons (Fsp3) is 0.278. The normalized spacial score (nSPS) is 22.1. The number of halogens is 1. The van der Waals surface area contributed by atoms with Gasteiger partial charge in [0.1, 0.15) is 6.04 Å². The number of carbonyl (C=O) groups excluding carboxylic acids is 3. The number of benzene rings is 1. The van der Waals surface area contributed by atoms with Gasteiger partial charge in [0.05, 0.1) is 16.1 Å². The fourth-order valence-corrected chi connectivity index (χ4v) is 4.41. The van der Waals surface area contributed by atoms with Crippen LogP contribution in [0.15, 0.2) is 40.2 Å². The number of hydrogen-bond acceptors (Lipinski definition) is 4. The van der Waals surface area contributed by atoms with Crippen molar-refractivity contribution in [1.29, 1.82) is 0 Å². The molecule has 8 heteroatoms. The highest BCUT2D eigenvalue weighted by Gasteiger charge is 2.40. The van der Waals surface area contributed by atoms with Crippen LogP contribution in [0.25, 0.3) is 0 Å². The topological polar surface area (TPSA) is 78.5 Å². The van der Waals surface area contributed by atoms with Crippen molar-refractivity contribution >= 4 is 50.7 Å². The Morgan fingerprint density at radius 2 is 2.15 bits per heavy atom. The van der Waals surface area contributed by atoms with Crippen molar-refractivity contribution in [2.45, 2.75) is 24.9 Å². The summed E-state index contributed by atoms with van der Waals surface area (Å²) in [4.78, 5) is 40.1. The van der Waals surface area contributed by atoms with E-state index in [0.29, 0.717) is 35.5 Å². The van der Waals surface area contributed by atoms with Crippen molar-refractivity contribution < 1.29 is 14.4 Å². The molecule has 1 saturated heterocycles. The van der Waals surface area contributed by atoms with Crippen molar-refractivity contribution in [3.8, 4) is 0 Å². The summed E-state index contributed by atoms with van der Waals surface area (Å²) in [6.07, 6.45) is 1.03. The van der Waals surface area contributed by atoms with Crippen LogP contribution in [0.4, 0.5) is 5.69 Å². The summed E-state index contributed by atoms with van der Waals surface area (Å²) >= 11 is 4.75. The minimum atomic E-state index is -0.587. The summed E-state index contributed by atoms with van der Waals surface area (Å²) in [5, 5.41) is 7.69. The average molecular weight is 434 g/mol. The molecule has 3 amide bonds. The Morgan fingerprint density at radius 1 is 1.31 bits per heavy atom. The van der Waals surface area contributed by atoms with E-state index in [2.05, 4.69) is 26.6 Å². The SMILES string of the molecule is O=C(N[C@H]1CCN2C(=O)c3cc(Br)ccc3NC(=O)[C@@H]2C1)c1cccs1. The minimum absolute atomic E-state index is 0.133. The fourth-order valence-electron chi connectivity index (χ4n) is 3.43. The highest BCUT2D eigenvalue weighted by atomic mass is 79.9. The first-order chi connectivity index (χ1) is 12.5. The minimum Gasteiger partial charge on any atom is -0.348 e. The maximum atomic E-state index is 12.9. The van der Waals surface area contributed by atoms with E-state index in [0.717, 1.165) is 4.47 Å². The molecule has 2 aliphatic rings. The number of hydrogen-bond donors (Lipinski definition) is 2. The number of piperidine rings is 1. The van der Waals surface area contributed by atoms with Gasteiger partial charge >= 0.3 is 0 Å². The van der Waals surface area contributed by atoms with E-state index in [1.807, 2.05) is 11.4 Å². The van der Waals surface area contributed by atoms with Crippen LogP contribution in [0.1, 0.15) is 32.9 Å². The van der Waals surface area contributed by atoms with Crippen LogP contribution in [0.3, 0.4) is 0 Å². The van der Waals surface area contributed by atoms with Crippen LogP contribution < -0.4 is 10.6 Å². The summed E-state index contributed by atoms with van der Waals surface area (Å²) in [6, 6.07) is 8.11. The van der Waals surface area contributed by atoms with E-state index >= 15 is 0 Å². The predicted molar refractivity (Wildman–Crippen MR) is 102 cm³/mol. The second kappa shape index (κ2) is 6.85. The Hall–Kier alpha value is -2.19. The number of anilines is 1. The van der Waals surface area contributed by atoms with E-state index in [9.17, 15) is 14.4 Å². The van der Waals surface area contributed by atoms with Crippen molar-refractivity contribution in [3.63, 3.8) is 0 Å². The molecule has 3 heterocycles. The zero-order valence-electron chi connectivity index (χ0n) is 13.7. The van der Waals surface area contributed by atoms with Gasteiger partial charge in [0.25, 0.3) is 11.8 Å². The first-order valence-electron chi connectivity index (χ1n) is 8.28. The molecule has 0 spiro atoms. The van der Waals surface area contributed by atoms with Crippen LogP contribution in [0.2, 0.25) is 0 Å². The Balaban J connectivity index is 1.54.